The lowest BCUT2D eigenvalue weighted by molar-refractivity contribution is 0.372. The molecule has 2 aromatic heterocycles. The summed E-state index contributed by atoms with van der Waals surface area (Å²) in [6.45, 7) is 0. The Morgan fingerprint density at radius 1 is 1.10 bits per heavy atom. The molecule has 2 heterocycles. The van der Waals surface area contributed by atoms with Crippen molar-refractivity contribution < 1.29 is 14.4 Å². The zero-order valence-electron chi connectivity index (χ0n) is 10.9. The van der Waals surface area contributed by atoms with Crippen LogP contribution in [0.2, 0.25) is 0 Å². The molecule has 106 valence electrons. The molecule has 0 atom stereocenters. The van der Waals surface area contributed by atoms with E-state index in [1.165, 1.54) is 0 Å². The first-order chi connectivity index (χ1) is 10.0. The predicted molar refractivity (Wildman–Crippen MR) is 78.5 cm³/mol. The highest BCUT2D eigenvalue weighted by Crippen LogP contribution is 2.39. The molecule has 3 aromatic rings. The van der Waals surface area contributed by atoms with Gasteiger partial charge in [0.2, 0.25) is 0 Å². The van der Waals surface area contributed by atoms with Gasteiger partial charge in [-0.05, 0) is 29.8 Å². The Balaban J connectivity index is 2.01. The predicted octanol–water partition coefficient (Wildman–Crippen LogP) is 2.37. The third-order valence-electron chi connectivity index (χ3n) is 2.93. The van der Waals surface area contributed by atoms with Crippen molar-refractivity contribution in [3.63, 3.8) is 0 Å². The van der Waals surface area contributed by atoms with Crippen molar-refractivity contribution in [2.75, 3.05) is 0 Å². The third kappa shape index (κ3) is 3.31. The Hall–Kier alpha value is -2.14. The molecule has 0 radical (unpaired) electrons. The fourth-order valence-electron chi connectivity index (χ4n) is 2.04. The minimum atomic E-state index is -4.07. The highest BCUT2D eigenvalue weighted by atomic mass is 31.2. The monoisotopic (exact) mass is 301 g/mol. The largest absolute Gasteiger partial charge is 0.329 e. The smallest absolute Gasteiger partial charge is 0.324 e. The second kappa shape index (κ2) is 5.33. The number of fused-ring (bicyclic) bond motifs is 1. The van der Waals surface area contributed by atoms with Crippen molar-refractivity contribution in [3.05, 3.63) is 54.4 Å². The van der Waals surface area contributed by atoms with Gasteiger partial charge in [-0.25, -0.2) is 9.97 Å². The van der Waals surface area contributed by atoms with Gasteiger partial charge < -0.3 is 9.79 Å². The highest BCUT2D eigenvalue weighted by Gasteiger charge is 2.14. The van der Waals surface area contributed by atoms with Crippen LogP contribution in [0.4, 0.5) is 0 Å². The zero-order valence-corrected chi connectivity index (χ0v) is 11.8. The summed E-state index contributed by atoms with van der Waals surface area (Å²) in [5, 5.41) is 0.737. The maximum Gasteiger partial charge on any atom is 0.329 e. The van der Waals surface area contributed by atoms with Crippen molar-refractivity contribution in [1.82, 2.24) is 15.0 Å². The van der Waals surface area contributed by atoms with Crippen molar-refractivity contribution in [2.45, 2.75) is 6.16 Å². The molecule has 0 unspecified atom stereocenters. The van der Waals surface area contributed by atoms with Crippen LogP contribution in [-0.4, -0.2) is 24.7 Å². The highest BCUT2D eigenvalue weighted by molar-refractivity contribution is 7.50. The lowest BCUT2D eigenvalue weighted by Gasteiger charge is -2.06. The van der Waals surface area contributed by atoms with E-state index in [-0.39, 0.29) is 6.16 Å². The molecule has 1 aromatic carbocycles. The fraction of sp³-hybridized carbons (Fsp3) is 0.0714. The maximum atomic E-state index is 11.0. The van der Waals surface area contributed by atoms with Crippen molar-refractivity contribution >= 4 is 18.5 Å². The normalized spacial score (nSPS) is 11.7. The molecule has 6 nitrogen and oxygen atoms in total. The van der Waals surface area contributed by atoms with Gasteiger partial charge in [-0.2, -0.15) is 0 Å². The van der Waals surface area contributed by atoms with Crippen LogP contribution in [0.25, 0.3) is 22.4 Å². The van der Waals surface area contributed by atoms with Crippen molar-refractivity contribution in [2.24, 2.45) is 0 Å². The summed E-state index contributed by atoms with van der Waals surface area (Å²) in [4.78, 5) is 30.9. The molecule has 0 amide bonds. The van der Waals surface area contributed by atoms with E-state index in [4.69, 9.17) is 9.79 Å². The summed E-state index contributed by atoms with van der Waals surface area (Å²) in [5.74, 6) is 0.519. The summed E-state index contributed by atoms with van der Waals surface area (Å²) in [6, 6.07) is 10.6. The number of pyridine rings is 1. The summed E-state index contributed by atoms with van der Waals surface area (Å²) in [6.07, 6.45) is 3.02. The van der Waals surface area contributed by atoms with Gasteiger partial charge in [0.05, 0.1) is 11.7 Å². The van der Waals surface area contributed by atoms with Crippen LogP contribution < -0.4 is 0 Å². The second-order valence-electron chi connectivity index (χ2n) is 4.62. The molecule has 0 aliphatic rings. The summed E-state index contributed by atoms with van der Waals surface area (Å²) < 4.78 is 11.0. The fourth-order valence-corrected chi connectivity index (χ4v) is 2.71. The van der Waals surface area contributed by atoms with Crippen LogP contribution in [0.3, 0.4) is 0 Å². The van der Waals surface area contributed by atoms with Crippen LogP contribution in [0, 0.1) is 0 Å². The van der Waals surface area contributed by atoms with E-state index in [2.05, 4.69) is 15.0 Å². The number of rotatable bonds is 3. The molecule has 0 saturated heterocycles. The lowest BCUT2D eigenvalue weighted by atomic mass is 10.2. The zero-order chi connectivity index (χ0) is 14.9. The molecular weight excluding hydrogens is 289 g/mol. The molecule has 3 rings (SSSR count). The Labute approximate surface area is 120 Å². The topological polar surface area (TPSA) is 96.2 Å². The van der Waals surface area contributed by atoms with E-state index in [1.54, 1.807) is 30.6 Å². The minimum absolute atomic E-state index is 0.287. The van der Waals surface area contributed by atoms with E-state index >= 15 is 0 Å². The number of hydrogen-bond acceptors (Lipinski definition) is 4. The van der Waals surface area contributed by atoms with Gasteiger partial charge in [0, 0.05) is 17.8 Å². The average Bonchev–Trinajstić information content (AvgIpc) is 2.46. The van der Waals surface area contributed by atoms with E-state index in [9.17, 15) is 4.57 Å². The third-order valence-corrected chi connectivity index (χ3v) is 3.70. The number of nitrogens with zero attached hydrogens (tertiary/aromatic N) is 3. The Kier molecular flexibility index (Phi) is 3.51. The van der Waals surface area contributed by atoms with Gasteiger partial charge >= 0.3 is 7.60 Å². The Morgan fingerprint density at radius 2 is 1.95 bits per heavy atom. The Bertz CT molecular complexity index is 833. The molecule has 21 heavy (non-hydrogen) atoms. The van der Waals surface area contributed by atoms with Gasteiger partial charge in [0.1, 0.15) is 5.69 Å². The van der Waals surface area contributed by atoms with Crippen LogP contribution in [0.1, 0.15) is 5.56 Å². The van der Waals surface area contributed by atoms with Crippen LogP contribution >= 0.6 is 7.60 Å². The first-order valence-corrected chi connectivity index (χ1v) is 8.03. The van der Waals surface area contributed by atoms with Gasteiger partial charge in [-0.3, -0.25) is 9.55 Å². The molecular formula is C14H12N3O3P. The summed E-state index contributed by atoms with van der Waals surface area (Å²) in [5.41, 5.74) is 1.95. The number of aromatic nitrogens is 3. The number of hydrogen-bond donors (Lipinski definition) is 2. The van der Waals surface area contributed by atoms with Gasteiger partial charge in [-0.1, -0.05) is 12.1 Å². The maximum absolute atomic E-state index is 11.0. The van der Waals surface area contributed by atoms with Gasteiger partial charge in [0.15, 0.2) is 5.82 Å². The molecule has 2 N–H and O–H groups in total. The van der Waals surface area contributed by atoms with Gasteiger partial charge in [-0.15, -0.1) is 0 Å². The molecule has 0 aliphatic carbocycles. The summed E-state index contributed by atoms with van der Waals surface area (Å²) in [7, 11) is -4.07. The van der Waals surface area contributed by atoms with Crippen LogP contribution in [0.5, 0.6) is 0 Å². The van der Waals surface area contributed by atoms with Crippen LogP contribution in [-0.2, 0) is 10.7 Å². The van der Waals surface area contributed by atoms with Crippen molar-refractivity contribution in [3.8, 4) is 11.5 Å². The molecule has 0 saturated carbocycles. The molecule has 7 heteroatoms. The van der Waals surface area contributed by atoms with Crippen LogP contribution in [0.15, 0.2) is 48.8 Å². The van der Waals surface area contributed by atoms with E-state index in [0.717, 1.165) is 5.39 Å². The molecule has 0 aliphatic heterocycles. The Morgan fingerprint density at radius 3 is 2.67 bits per heavy atom. The van der Waals surface area contributed by atoms with Gasteiger partial charge in [0.25, 0.3) is 0 Å². The van der Waals surface area contributed by atoms with E-state index in [0.29, 0.717) is 22.6 Å². The summed E-state index contributed by atoms with van der Waals surface area (Å²) >= 11 is 0. The second-order valence-corrected chi connectivity index (χ2v) is 6.27. The quantitative estimate of drug-likeness (QED) is 0.721. The number of benzene rings is 1. The average molecular weight is 301 g/mol. The minimum Gasteiger partial charge on any atom is -0.324 e. The standard InChI is InChI=1S/C14H12N3O3P/c18-21(19,20)9-10-4-5-12-11(7-10)8-16-14(17-12)13-3-1-2-6-15-13/h1-8H,9H2,(H2,18,19,20). The molecule has 0 spiro atoms. The first kappa shape index (κ1) is 13.8. The lowest BCUT2D eigenvalue weighted by Crippen LogP contribution is -1.93. The van der Waals surface area contributed by atoms with E-state index < -0.39 is 7.60 Å². The first-order valence-electron chi connectivity index (χ1n) is 6.23. The van der Waals surface area contributed by atoms with E-state index in [1.807, 2.05) is 18.2 Å². The molecule has 0 fully saturated rings. The van der Waals surface area contributed by atoms with Crippen molar-refractivity contribution in [1.29, 1.82) is 0 Å². The molecule has 0 bridgehead atoms. The SMILES string of the molecule is O=P(O)(O)Cc1ccc2nc(-c3ccccn3)ncc2c1.